The first-order valence-electron chi connectivity index (χ1n) is 5.03. The molecule has 0 heterocycles. The van der Waals surface area contributed by atoms with Gasteiger partial charge in [0.25, 0.3) is 0 Å². The average molecular weight is 218 g/mol. The second-order valence-corrected chi connectivity index (χ2v) is 3.66. The molecule has 0 aliphatic heterocycles. The van der Waals surface area contributed by atoms with E-state index >= 15 is 0 Å². The summed E-state index contributed by atoms with van der Waals surface area (Å²) in [5, 5.41) is 0. The maximum atomic E-state index is 11.5. The van der Waals surface area contributed by atoms with Crippen molar-refractivity contribution in [2.45, 2.75) is 0 Å². The molecule has 0 aliphatic rings. The molecule has 0 atom stereocenters. The van der Waals surface area contributed by atoms with Crippen LogP contribution in [0.2, 0.25) is 0 Å². The molecule has 0 N–H and O–H groups in total. The third-order valence-corrected chi connectivity index (χ3v) is 1.97. The normalized spacial score (nSPS) is 10.7. The predicted molar refractivity (Wildman–Crippen MR) is 58.9 cm³/mol. The summed E-state index contributed by atoms with van der Waals surface area (Å²) in [6, 6.07) is 0. The van der Waals surface area contributed by atoms with Gasteiger partial charge in [0, 0.05) is 27.2 Å². The van der Waals surface area contributed by atoms with Crippen LogP contribution < -0.4 is 0 Å². The molecule has 0 bridgehead atoms. The minimum absolute atomic E-state index is 0.00736. The zero-order valence-corrected chi connectivity index (χ0v) is 10.2. The predicted octanol–water partition coefficient (Wildman–Crippen LogP) is -0.331. The molecule has 0 fully saturated rings. The Hall–Kier alpha value is -0.650. The number of rotatable bonds is 8. The van der Waals surface area contributed by atoms with Crippen molar-refractivity contribution >= 4 is 5.91 Å². The second kappa shape index (κ2) is 8.64. The van der Waals surface area contributed by atoms with Crippen molar-refractivity contribution in [3.8, 4) is 0 Å². The van der Waals surface area contributed by atoms with Gasteiger partial charge in [0.1, 0.15) is 6.61 Å². The van der Waals surface area contributed by atoms with E-state index in [0.717, 1.165) is 13.1 Å². The van der Waals surface area contributed by atoms with Crippen LogP contribution >= 0.6 is 0 Å². The van der Waals surface area contributed by atoms with Crippen molar-refractivity contribution in [3.63, 3.8) is 0 Å². The maximum Gasteiger partial charge on any atom is 0.248 e. The highest BCUT2D eigenvalue weighted by Gasteiger charge is 2.08. The Morgan fingerprint density at radius 2 is 1.80 bits per heavy atom. The van der Waals surface area contributed by atoms with Gasteiger partial charge in [-0.3, -0.25) is 4.79 Å². The standard InChI is InChI=1S/C10H22N2O3/c1-11(2)5-6-12(3)10(13)9-15-8-7-14-4/h5-9H2,1-4H3. The van der Waals surface area contributed by atoms with E-state index in [-0.39, 0.29) is 12.5 Å². The van der Waals surface area contributed by atoms with Crippen molar-refractivity contribution < 1.29 is 14.3 Å². The lowest BCUT2D eigenvalue weighted by atomic mass is 10.5. The molecule has 0 saturated heterocycles. The number of likely N-dealkylation sites (N-methyl/N-ethyl adjacent to an activating group) is 2. The first-order valence-corrected chi connectivity index (χ1v) is 5.03. The van der Waals surface area contributed by atoms with Crippen LogP contribution in [0.5, 0.6) is 0 Å². The Morgan fingerprint density at radius 3 is 2.33 bits per heavy atom. The summed E-state index contributed by atoms with van der Waals surface area (Å²) in [5.74, 6) is 0.00736. The number of nitrogens with zero attached hydrogens (tertiary/aromatic N) is 2. The van der Waals surface area contributed by atoms with Gasteiger partial charge >= 0.3 is 0 Å². The fraction of sp³-hybridized carbons (Fsp3) is 0.900. The molecule has 0 aromatic heterocycles. The van der Waals surface area contributed by atoms with Crippen molar-refractivity contribution in [2.75, 3.05) is 61.2 Å². The van der Waals surface area contributed by atoms with Gasteiger partial charge in [0.2, 0.25) is 5.91 Å². The molecule has 0 aromatic rings. The van der Waals surface area contributed by atoms with Gasteiger partial charge in [-0.1, -0.05) is 0 Å². The highest BCUT2D eigenvalue weighted by Crippen LogP contribution is 1.88. The molecule has 0 spiro atoms. The third kappa shape index (κ3) is 8.35. The van der Waals surface area contributed by atoms with E-state index in [1.54, 1.807) is 19.1 Å². The molecular formula is C10H22N2O3. The highest BCUT2D eigenvalue weighted by molar-refractivity contribution is 5.77. The summed E-state index contributed by atoms with van der Waals surface area (Å²) in [4.78, 5) is 15.2. The van der Waals surface area contributed by atoms with Gasteiger partial charge in [-0.25, -0.2) is 0 Å². The number of carbonyl (C=O) groups excluding carboxylic acids is 1. The van der Waals surface area contributed by atoms with E-state index in [0.29, 0.717) is 13.2 Å². The lowest BCUT2D eigenvalue weighted by Gasteiger charge is -2.19. The van der Waals surface area contributed by atoms with E-state index in [2.05, 4.69) is 0 Å². The summed E-state index contributed by atoms with van der Waals surface area (Å²) in [6.45, 7) is 2.70. The van der Waals surface area contributed by atoms with Crippen molar-refractivity contribution in [1.82, 2.24) is 9.80 Å². The fourth-order valence-electron chi connectivity index (χ4n) is 0.887. The summed E-state index contributed by atoms with van der Waals surface area (Å²) in [7, 11) is 7.35. The van der Waals surface area contributed by atoms with Crippen LogP contribution in [0, 0.1) is 0 Å². The molecule has 5 heteroatoms. The van der Waals surface area contributed by atoms with Crippen molar-refractivity contribution in [1.29, 1.82) is 0 Å². The Bertz CT molecular complexity index is 174. The molecule has 0 rings (SSSR count). The van der Waals surface area contributed by atoms with E-state index in [1.165, 1.54) is 0 Å². The number of methoxy groups -OCH3 is 1. The number of hydrogen-bond acceptors (Lipinski definition) is 4. The lowest BCUT2D eigenvalue weighted by molar-refractivity contribution is -0.135. The van der Waals surface area contributed by atoms with Crippen LogP contribution in [0.15, 0.2) is 0 Å². The topological polar surface area (TPSA) is 42.0 Å². The van der Waals surface area contributed by atoms with Crippen LogP contribution in [0.25, 0.3) is 0 Å². The highest BCUT2D eigenvalue weighted by atomic mass is 16.5. The van der Waals surface area contributed by atoms with Gasteiger partial charge in [-0.2, -0.15) is 0 Å². The monoisotopic (exact) mass is 218 g/mol. The van der Waals surface area contributed by atoms with Crippen molar-refractivity contribution in [3.05, 3.63) is 0 Å². The number of carbonyl (C=O) groups is 1. The Morgan fingerprint density at radius 1 is 1.13 bits per heavy atom. The molecule has 0 aromatic carbocycles. The van der Waals surface area contributed by atoms with E-state index in [1.807, 2.05) is 19.0 Å². The SMILES string of the molecule is COCCOCC(=O)N(C)CCN(C)C. The molecule has 15 heavy (non-hydrogen) atoms. The molecule has 90 valence electrons. The molecule has 0 unspecified atom stereocenters. The third-order valence-electron chi connectivity index (χ3n) is 1.97. The molecule has 0 saturated carbocycles. The summed E-state index contributed by atoms with van der Waals surface area (Å²) in [5.41, 5.74) is 0. The molecule has 5 nitrogen and oxygen atoms in total. The van der Waals surface area contributed by atoms with Gasteiger partial charge in [0.15, 0.2) is 0 Å². The molecule has 0 radical (unpaired) electrons. The fourth-order valence-corrected chi connectivity index (χ4v) is 0.887. The minimum Gasteiger partial charge on any atom is -0.382 e. The van der Waals surface area contributed by atoms with Crippen LogP contribution in [0.4, 0.5) is 0 Å². The summed E-state index contributed by atoms with van der Waals surface area (Å²) in [6.07, 6.45) is 0. The zero-order chi connectivity index (χ0) is 11.7. The summed E-state index contributed by atoms with van der Waals surface area (Å²) < 4.78 is 9.94. The first kappa shape index (κ1) is 14.3. The average Bonchev–Trinajstić information content (AvgIpc) is 2.20. The Labute approximate surface area is 91.9 Å². The largest absolute Gasteiger partial charge is 0.382 e. The Balaban J connectivity index is 3.51. The van der Waals surface area contributed by atoms with Crippen LogP contribution in [-0.4, -0.2) is 76.9 Å². The van der Waals surface area contributed by atoms with Crippen molar-refractivity contribution in [2.24, 2.45) is 0 Å². The van der Waals surface area contributed by atoms with Crippen LogP contribution in [-0.2, 0) is 14.3 Å². The van der Waals surface area contributed by atoms with Gasteiger partial charge < -0.3 is 19.3 Å². The van der Waals surface area contributed by atoms with E-state index in [9.17, 15) is 4.79 Å². The van der Waals surface area contributed by atoms with Gasteiger partial charge in [-0.05, 0) is 14.1 Å². The number of amides is 1. The van der Waals surface area contributed by atoms with E-state index in [4.69, 9.17) is 9.47 Å². The van der Waals surface area contributed by atoms with E-state index < -0.39 is 0 Å². The van der Waals surface area contributed by atoms with Crippen LogP contribution in [0.1, 0.15) is 0 Å². The van der Waals surface area contributed by atoms with Gasteiger partial charge in [-0.15, -0.1) is 0 Å². The first-order chi connectivity index (χ1) is 7.07. The lowest BCUT2D eigenvalue weighted by Crippen LogP contribution is -2.35. The maximum absolute atomic E-state index is 11.5. The quantitative estimate of drug-likeness (QED) is 0.523. The molecule has 1 amide bonds. The van der Waals surface area contributed by atoms with Gasteiger partial charge in [0.05, 0.1) is 13.2 Å². The number of ether oxygens (including phenoxy) is 2. The zero-order valence-electron chi connectivity index (χ0n) is 10.2. The minimum atomic E-state index is 0.00736. The summed E-state index contributed by atoms with van der Waals surface area (Å²) >= 11 is 0. The van der Waals surface area contributed by atoms with Crippen LogP contribution in [0.3, 0.4) is 0 Å². The second-order valence-electron chi connectivity index (χ2n) is 3.66. The smallest absolute Gasteiger partial charge is 0.248 e. The molecule has 0 aliphatic carbocycles. The number of hydrogen-bond donors (Lipinski definition) is 0. The Kier molecular flexibility index (Phi) is 8.27. The molecular weight excluding hydrogens is 196 g/mol.